The van der Waals surface area contributed by atoms with Gasteiger partial charge in [-0.2, -0.15) is 0 Å². The van der Waals surface area contributed by atoms with E-state index in [1.165, 1.54) is 6.07 Å². The zero-order valence-electron chi connectivity index (χ0n) is 10.9. The van der Waals surface area contributed by atoms with Gasteiger partial charge in [0.25, 0.3) is 5.69 Å². The first-order chi connectivity index (χ1) is 8.36. The van der Waals surface area contributed by atoms with E-state index in [-0.39, 0.29) is 17.6 Å². The number of carbonyl (C=O) groups excluding carboxylic acids is 1. The van der Waals surface area contributed by atoms with E-state index in [1.54, 1.807) is 33.9 Å². The van der Waals surface area contributed by atoms with Crippen molar-refractivity contribution in [3.8, 4) is 0 Å². The van der Waals surface area contributed by atoms with Gasteiger partial charge in [0, 0.05) is 11.6 Å². The van der Waals surface area contributed by atoms with Crippen LogP contribution in [-0.2, 0) is 4.79 Å². The lowest BCUT2D eigenvalue weighted by atomic mass is 10.1. The van der Waals surface area contributed by atoms with Crippen LogP contribution in [0, 0.1) is 24.0 Å². The van der Waals surface area contributed by atoms with Crippen LogP contribution in [0.1, 0.15) is 18.1 Å². The van der Waals surface area contributed by atoms with Crippen LogP contribution in [0.2, 0.25) is 0 Å². The van der Waals surface area contributed by atoms with E-state index < -0.39 is 4.92 Å². The van der Waals surface area contributed by atoms with E-state index in [2.05, 4.69) is 10.6 Å². The van der Waals surface area contributed by atoms with E-state index in [4.69, 9.17) is 0 Å². The SMILES string of the molecule is CNC(C)C(=O)Nc1cc([N+](=O)[O-])c(C)cc1C. The van der Waals surface area contributed by atoms with Gasteiger partial charge < -0.3 is 10.6 Å². The van der Waals surface area contributed by atoms with Gasteiger partial charge in [-0.1, -0.05) is 0 Å². The highest BCUT2D eigenvalue weighted by atomic mass is 16.6. The van der Waals surface area contributed by atoms with E-state index in [0.717, 1.165) is 5.56 Å². The molecule has 98 valence electrons. The second-order valence-corrected chi connectivity index (χ2v) is 4.21. The molecule has 0 saturated heterocycles. The van der Waals surface area contributed by atoms with Crippen LogP contribution in [0.4, 0.5) is 11.4 Å². The molecule has 0 fully saturated rings. The first-order valence-corrected chi connectivity index (χ1v) is 5.60. The third kappa shape index (κ3) is 3.04. The van der Waals surface area contributed by atoms with Gasteiger partial charge in [0.15, 0.2) is 0 Å². The van der Waals surface area contributed by atoms with Crippen LogP contribution >= 0.6 is 0 Å². The van der Waals surface area contributed by atoms with E-state index >= 15 is 0 Å². The van der Waals surface area contributed by atoms with Crippen LogP contribution < -0.4 is 10.6 Å². The molecule has 2 N–H and O–H groups in total. The minimum absolute atomic E-state index is 0.00742. The highest BCUT2D eigenvalue weighted by Crippen LogP contribution is 2.26. The quantitative estimate of drug-likeness (QED) is 0.630. The number of nitrogens with zero attached hydrogens (tertiary/aromatic N) is 1. The fourth-order valence-electron chi connectivity index (χ4n) is 1.54. The molecule has 1 aromatic carbocycles. The molecular formula is C12H17N3O3. The summed E-state index contributed by atoms with van der Waals surface area (Å²) >= 11 is 0. The molecule has 18 heavy (non-hydrogen) atoms. The summed E-state index contributed by atoms with van der Waals surface area (Å²) in [5, 5.41) is 16.3. The number of amides is 1. The maximum Gasteiger partial charge on any atom is 0.274 e. The summed E-state index contributed by atoms with van der Waals surface area (Å²) in [6.07, 6.45) is 0. The molecule has 1 rings (SSSR count). The normalized spacial score (nSPS) is 12.0. The second kappa shape index (κ2) is 5.59. The number of nitro benzene ring substituents is 1. The highest BCUT2D eigenvalue weighted by Gasteiger charge is 2.16. The van der Waals surface area contributed by atoms with Crippen molar-refractivity contribution in [2.75, 3.05) is 12.4 Å². The highest BCUT2D eigenvalue weighted by molar-refractivity contribution is 5.95. The minimum Gasteiger partial charge on any atom is -0.324 e. The van der Waals surface area contributed by atoms with Crippen molar-refractivity contribution in [1.82, 2.24) is 5.32 Å². The summed E-state index contributed by atoms with van der Waals surface area (Å²) in [4.78, 5) is 22.1. The number of anilines is 1. The molecule has 1 aromatic rings. The van der Waals surface area contributed by atoms with Gasteiger partial charge in [0.1, 0.15) is 0 Å². The molecule has 1 amide bonds. The molecule has 0 aliphatic rings. The van der Waals surface area contributed by atoms with E-state index in [0.29, 0.717) is 11.3 Å². The first kappa shape index (κ1) is 14.1. The van der Waals surface area contributed by atoms with Gasteiger partial charge in [0.05, 0.1) is 16.7 Å². The van der Waals surface area contributed by atoms with Crippen LogP contribution in [0.5, 0.6) is 0 Å². The molecule has 1 atom stereocenters. The van der Waals surface area contributed by atoms with Crippen molar-refractivity contribution in [3.63, 3.8) is 0 Å². The van der Waals surface area contributed by atoms with Gasteiger partial charge in [0.2, 0.25) is 5.91 Å². The molecular weight excluding hydrogens is 234 g/mol. The van der Waals surface area contributed by atoms with Crippen molar-refractivity contribution >= 4 is 17.3 Å². The van der Waals surface area contributed by atoms with Gasteiger partial charge in [-0.15, -0.1) is 0 Å². The number of nitrogens with one attached hydrogen (secondary N) is 2. The number of carbonyl (C=O) groups is 1. The Bertz CT molecular complexity index is 486. The van der Waals surface area contributed by atoms with Gasteiger partial charge in [-0.05, 0) is 39.4 Å². The summed E-state index contributed by atoms with van der Waals surface area (Å²) in [6.45, 7) is 5.19. The summed E-state index contributed by atoms with van der Waals surface area (Å²) in [5.74, 6) is -0.223. The fraction of sp³-hybridized carbons (Fsp3) is 0.417. The molecule has 0 saturated carbocycles. The van der Waals surface area contributed by atoms with Crippen molar-refractivity contribution < 1.29 is 9.72 Å². The second-order valence-electron chi connectivity index (χ2n) is 4.21. The number of aryl methyl sites for hydroxylation is 2. The third-order valence-electron chi connectivity index (χ3n) is 2.82. The lowest BCUT2D eigenvalue weighted by Crippen LogP contribution is -2.35. The monoisotopic (exact) mass is 251 g/mol. The van der Waals surface area contributed by atoms with Gasteiger partial charge >= 0.3 is 0 Å². The summed E-state index contributed by atoms with van der Waals surface area (Å²) < 4.78 is 0. The smallest absolute Gasteiger partial charge is 0.274 e. The third-order valence-corrected chi connectivity index (χ3v) is 2.82. The molecule has 0 spiro atoms. The Morgan fingerprint density at radius 3 is 2.44 bits per heavy atom. The number of hydrogen-bond acceptors (Lipinski definition) is 4. The van der Waals surface area contributed by atoms with Crippen molar-refractivity contribution in [2.45, 2.75) is 26.8 Å². The molecule has 6 nitrogen and oxygen atoms in total. The van der Waals surface area contributed by atoms with E-state index in [9.17, 15) is 14.9 Å². The first-order valence-electron chi connectivity index (χ1n) is 5.60. The van der Waals surface area contributed by atoms with E-state index in [1.807, 2.05) is 0 Å². The maximum absolute atomic E-state index is 11.7. The summed E-state index contributed by atoms with van der Waals surface area (Å²) in [6, 6.07) is 2.73. The lowest BCUT2D eigenvalue weighted by molar-refractivity contribution is -0.385. The lowest BCUT2D eigenvalue weighted by Gasteiger charge is -2.13. The molecule has 0 aliphatic heterocycles. The van der Waals surface area contributed by atoms with Crippen LogP contribution in [0.25, 0.3) is 0 Å². The number of rotatable bonds is 4. The molecule has 0 radical (unpaired) electrons. The number of hydrogen-bond donors (Lipinski definition) is 2. The standard InChI is InChI=1S/C12H17N3O3/c1-7-5-8(2)11(15(17)18)6-10(7)14-12(16)9(3)13-4/h5-6,9,13H,1-4H3,(H,14,16). The largest absolute Gasteiger partial charge is 0.324 e. The minimum atomic E-state index is -0.452. The van der Waals surface area contributed by atoms with Gasteiger partial charge in [-0.25, -0.2) is 0 Å². The number of likely N-dealkylation sites (N-methyl/N-ethyl adjacent to an activating group) is 1. The van der Waals surface area contributed by atoms with Crippen molar-refractivity contribution in [1.29, 1.82) is 0 Å². The van der Waals surface area contributed by atoms with Gasteiger partial charge in [-0.3, -0.25) is 14.9 Å². The van der Waals surface area contributed by atoms with Crippen LogP contribution in [0.3, 0.4) is 0 Å². The number of nitro groups is 1. The zero-order valence-corrected chi connectivity index (χ0v) is 10.9. The number of benzene rings is 1. The zero-order chi connectivity index (χ0) is 13.9. The predicted octanol–water partition coefficient (Wildman–Crippen LogP) is 1.76. The van der Waals surface area contributed by atoms with Crippen molar-refractivity contribution in [2.24, 2.45) is 0 Å². The maximum atomic E-state index is 11.7. The molecule has 0 aromatic heterocycles. The molecule has 1 unspecified atom stereocenters. The predicted molar refractivity (Wildman–Crippen MR) is 69.7 cm³/mol. The Morgan fingerprint density at radius 2 is 1.94 bits per heavy atom. The Labute approximate surface area is 106 Å². The Balaban J connectivity index is 3.06. The fourth-order valence-corrected chi connectivity index (χ4v) is 1.54. The average molecular weight is 251 g/mol. The Kier molecular flexibility index (Phi) is 4.38. The summed E-state index contributed by atoms with van der Waals surface area (Å²) in [5.41, 5.74) is 1.86. The molecule has 0 heterocycles. The Hall–Kier alpha value is -1.95. The van der Waals surface area contributed by atoms with Crippen molar-refractivity contribution in [3.05, 3.63) is 33.4 Å². The molecule has 0 aliphatic carbocycles. The molecule has 0 bridgehead atoms. The van der Waals surface area contributed by atoms with Crippen LogP contribution in [0.15, 0.2) is 12.1 Å². The van der Waals surface area contributed by atoms with Crippen LogP contribution in [-0.4, -0.2) is 23.9 Å². The Morgan fingerprint density at radius 1 is 1.33 bits per heavy atom. The average Bonchev–Trinajstić information content (AvgIpc) is 2.30. The molecule has 6 heteroatoms. The summed E-state index contributed by atoms with van der Waals surface area (Å²) in [7, 11) is 1.68. The topological polar surface area (TPSA) is 84.3 Å².